The van der Waals surface area contributed by atoms with E-state index in [9.17, 15) is 18.0 Å². The number of hydrogen-bond acceptors (Lipinski definition) is 6. The van der Waals surface area contributed by atoms with Crippen LogP contribution in [0.2, 0.25) is 0 Å². The molecule has 3 aromatic carbocycles. The number of rotatable bonds is 8. The number of anilines is 1. The summed E-state index contributed by atoms with van der Waals surface area (Å²) < 4.78 is 39.7. The Labute approximate surface area is 234 Å². The molecule has 0 saturated heterocycles. The number of aryl methyl sites for hydroxylation is 1. The molecule has 0 aliphatic rings. The maximum atomic E-state index is 13.0. The Bertz CT molecular complexity index is 1630. The van der Waals surface area contributed by atoms with Gasteiger partial charge in [0.25, 0.3) is 5.91 Å². The predicted molar refractivity (Wildman–Crippen MR) is 156 cm³/mol. The SMILES string of the molecule is Cc1c(C(=O)Nc2ccc(-c3ccc(S(=O)(=O)N[C@@H](C(=O)OC(C)(C)C)C(C)C)cc3)cc2)oc2ccccc12. The number of carbonyl (C=O) groups excluding carboxylic acids is 2. The van der Waals surface area contributed by atoms with Crippen LogP contribution in [-0.2, 0) is 19.6 Å². The quantitative estimate of drug-likeness (QED) is 0.243. The zero-order valence-corrected chi connectivity index (χ0v) is 24.3. The van der Waals surface area contributed by atoms with Crippen LogP contribution in [0.1, 0.15) is 50.7 Å². The maximum Gasteiger partial charge on any atom is 0.324 e. The van der Waals surface area contributed by atoms with Crippen LogP contribution in [-0.4, -0.2) is 31.9 Å². The largest absolute Gasteiger partial charge is 0.459 e. The van der Waals surface area contributed by atoms with Crippen LogP contribution in [0, 0.1) is 12.8 Å². The molecule has 0 unspecified atom stereocenters. The van der Waals surface area contributed by atoms with Gasteiger partial charge in [-0.05, 0) is 75.1 Å². The number of esters is 1. The fraction of sp³-hybridized carbons (Fsp3) is 0.290. The lowest BCUT2D eigenvalue weighted by atomic mass is 10.1. The zero-order chi connectivity index (χ0) is 29.2. The van der Waals surface area contributed by atoms with Gasteiger partial charge < -0.3 is 14.5 Å². The molecule has 4 rings (SSSR count). The van der Waals surface area contributed by atoms with Crippen molar-refractivity contribution in [1.82, 2.24) is 4.72 Å². The third-order valence-corrected chi connectivity index (χ3v) is 7.76. The van der Waals surface area contributed by atoms with E-state index in [4.69, 9.17) is 9.15 Å². The number of sulfonamides is 1. The monoisotopic (exact) mass is 562 g/mol. The lowest BCUT2D eigenvalue weighted by molar-refractivity contribution is -0.158. The van der Waals surface area contributed by atoms with Gasteiger partial charge in [0.1, 0.15) is 17.2 Å². The van der Waals surface area contributed by atoms with Gasteiger partial charge in [0.2, 0.25) is 10.0 Å². The molecule has 0 fully saturated rings. The first-order valence-electron chi connectivity index (χ1n) is 13.0. The van der Waals surface area contributed by atoms with Crippen LogP contribution in [0.5, 0.6) is 0 Å². The molecule has 9 heteroatoms. The van der Waals surface area contributed by atoms with Gasteiger partial charge in [-0.2, -0.15) is 4.72 Å². The fourth-order valence-electron chi connectivity index (χ4n) is 4.21. The number of carbonyl (C=O) groups is 2. The van der Waals surface area contributed by atoms with Crippen LogP contribution < -0.4 is 10.0 Å². The molecule has 0 saturated carbocycles. The van der Waals surface area contributed by atoms with E-state index in [1.54, 1.807) is 58.9 Å². The van der Waals surface area contributed by atoms with Crippen LogP contribution in [0.4, 0.5) is 5.69 Å². The first kappa shape index (κ1) is 29.0. The van der Waals surface area contributed by atoms with E-state index < -0.39 is 27.6 Å². The van der Waals surface area contributed by atoms with Gasteiger partial charge in [-0.3, -0.25) is 9.59 Å². The van der Waals surface area contributed by atoms with E-state index in [-0.39, 0.29) is 22.5 Å². The standard InChI is InChI=1S/C31H34N2O6S/c1-19(2)27(30(35)39-31(4,5)6)33-40(36,37)24-17-13-22(14-18-24)21-11-15-23(16-12-21)32-29(34)28-20(3)25-9-7-8-10-26(25)38-28/h7-19,27,33H,1-6H3,(H,32,34)/t27-/m1/s1. The van der Waals surface area contributed by atoms with E-state index in [2.05, 4.69) is 10.0 Å². The summed E-state index contributed by atoms with van der Waals surface area (Å²) in [6.45, 7) is 10.6. The van der Waals surface area contributed by atoms with Crippen molar-refractivity contribution in [3.63, 3.8) is 0 Å². The second kappa shape index (κ2) is 11.3. The summed E-state index contributed by atoms with van der Waals surface area (Å²) in [5.41, 5.74) is 2.92. The smallest absolute Gasteiger partial charge is 0.324 e. The molecule has 1 heterocycles. The van der Waals surface area contributed by atoms with Crippen LogP contribution in [0.3, 0.4) is 0 Å². The second-order valence-electron chi connectivity index (χ2n) is 11.0. The molecule has 0 bridgehead atoms. The molecule has 4 aromatic rings. The van der Waals surface area contributed by atoms with Crippen molar-refractivity contribution in [3.05, 3.63) is 84.1 Å². The number of hydrogen-bond donors (Lipinski definition) is 2. The van der Waals surface area contributed by atoms with Crippen molar-refractivity contribution < 1.29 is 27.2 Å². The number of nitrogens with one attached hydrogen (secondary N) is 2. The van der Waals surface area contributed by atoms with Crippen LogP contribution >= 0.6 is 0 Å². The maximum absolute atomic E-state index is 13.0. The first-order valence-corrected chi connectivity index (χ1v) is 14.5. The summed E-state index contributed by atoms with van der Waals surface area (Å²) >= 11 is 0. The lowest BCUT2D eigenvalue weighted by Gasteiger charge is -2.26. The minimum atomic E-state index is -3.97. The summed E-state index contributed by atoms with van der Waals surface area (Å²) in [6, 6.07) is 20.0. The molecular weight excluding hydrogens is 528 g/mol. The molecule has 0 spiro atoms. The zero-order valence-electron chi connectivity index (χ0n) is 23.4. The van der Waals surface area contributed by atoms with Crippen LogP contribution in [0.15, 0.2) is 82.1 Å². The third-order valence-electron chi connectivity index (χ3n) is 6.30. The summed E-state index contributed by atoms with van der Waals surface area (Å²) in [7, 11) is -3.97. The van der Waals surface area contributed by atoms with Crippen molar-refractivity contribution in [3.8, 4) is 11.1 Å². The van der Waals surface area contributed by atoms with Gasteiger partial charge in [0.15, 0.2) is 5.76 Å². The minimum Gasteiger partial charge on any atom is -0.459 e. The van der Waals surface area contributed by atoms with Crippen LogP contribution in [0.25, 0.3) is 22.1 Å². The Morgan fingerprint density at radius 1 is 0.875 bits per heavy atom. The molecule has 2 N–H and O–H groups in total. The molecule has 1 amide bonds. The number of benzene rings is 3. The highest BCUT2D eigenvalue weighted by Gasteiger charge is 2.32. The Morgan fingerprint density at radius 2 is 1.45 bits per heavy atom. The van der Waals surface area contributed by atoms with Gasteiger partial charge in [-0.15, -0.1) is 0 Å². The highest BCUT2D eigenvalue weighted by atomic mass is 32.2. The number of fused-ring (bicyclic) bond motifs is 1. The number of ether oxygens (including phenoxy) is 1. The van der Waals surface area contributed by atoms with E-state index >= 15 is 0 Å². The molecular formula is C31H34N2O6S. The van der Waals surface area contributed by atoms with E-state index in [1.807, 2.05) is 43.3 Å². The molecule has 40 heavy (non-hydrogen) atoms. The number of para-hydroxylation sites is 1. The highest BCUT2D eigenvalue weighted by Crippen LogP contribution is 2.27. The summed E-state index contributed by atoms with van der Waals surface area (Å²) in [6.07, 6.45) is 0. The molecule has 1 aromatic heterocycles. The van der Waals surface area contributed by atoms with Gasteiger partial charge in [0.05, 0.1) is 4.90 Å². The molecule has 0 aliphatic heterocycles. The Hall–Kier alpha value is -3.95. The Balaban J connectivity index is 1.45. The molecule has 210 valence electrons. The second-order valence-corrected chi connectivity index (χ2v) is 12.7. The Morgan fingerprint density at radius 3 is 2.00 bits per heavy atom. The van der Waals surface area contributed by atoms with Gasteiger partial charge in [0, 0.05) is 16.6 Å². The lowest BCUT2D eigenvalue weighted by Crippen LogP contribution is -2.47. The van der Waals surface area contributed by atoms with Crippen molar-refractivity contribution in [2.24, 2.45) is 5.92 Å². The average molecular weight is 563 g/mol. The Kier molecular flexibility index (Phi) is 8.18. The van der Waals surface area contributed by atoms with Crippen molar-refractivity contribution >= 4 is 38.6 Å². The molecule has 1 atom stereocenters. The average Bonchev–Trinajstić information content (AvgIpc) is 3.23. The highest BCUT2D eigenvalue weighted by molar-refractivity contribution is 7.89. The van der Waals surface area contributed by atoms with Gasteiger partial charge in [-0.1, -0.05) is 56.3 Å². The van der Waals surface area contributed by atoms with Gasteiger partial charge >= 0.3 is 5.97 Å². The number of furan rings is 1. The minimum absolute atomic E-state index is 0.0375. The topological polar surface area (TPSA) is 115 Å². The van der Waals surface area contributed by atoms with Crippen molar-refractivity contribution in [2.75, 3.05) is 5.32 Å². The van der Waals surface area contributed by atoms with Crippen molar-refractivity contribution in [2.45, 2.75) is 58.1 Å². The normalized spacial score (nSPS) is 12.9. The van der Waals surface area contributed by atoms with Crippen molar-refractivity contribution in [1.29, 1.82) is 0 Å². The summed E-state index contributed by atoms with van der Waals surface area (Å²) in [5.74, 6) is -0.999. The predicted octanol–water partition coefficient (Wildman–Crippen LogP) is 6.31. The first-order chi connectivity index (χ1) is 18.7. The molecule has 8 nitrogen and oxygen atoms in total. The summed E-state index contributed by atoms with van der Waals surface area (Å²) in [4.78, 5) is 25.5. The van der Waals surface area contributed by atoms with E-state index in [0.29, 0.717) is 11.3 Å². The van der Waals surface area contributed by atoms with Gasteiger partial charge in [-0.25, -0.2) is 8.42 Å². The third kappa shape index (κ3) is 6.60. The molecule has 0 aliphatic carbocycles. The fourth-order valence-corrected chi connectivity index (χ4v) is 5.54. The molecule has 0 radical (unpaired) electrons. The van der Waals surface area contributed by atoms with E-state index in [1.165, 1.54) is 12.1 Å². The number of amides is 1. The van der Waals surface area contributed by atoms with E-state index in [0.717, 1.165) is 22.1 Å². The summed E-state index contributed by atoms with van der Waals surface area (Å²) in [5, 5.41) is 3.76.